The van der Waals surface area contributed by atoms with E-state index < -0.39 is 0 Å². The maximum Gasteiger partial charge on any atom is 0.145 e. The van der Waals surface area contributed by atoms with Crippen LogP contribution in [0.15, 0.2) is 180 Å². The van der Waals surface area contributed by atoms with Gasteiger partial charge in [0, 0.05) is 27.6 Å². The average molecular weight is 588 g/mol. The molecule has 9 rings (SSSR count). The number of furan rings is 1. The van der Waals surface area contributed by atoms with Crippen molar-refractivity contribution in [2.45, 2.75) is 0 Å². The van der Waals surface area contributed by atoms with Crippen LogP contribution in [0.2, 0.25) is 0 Å². The highest BCUT2D eigenvalue weighted by Gasteiger charge is 2.28. The SMILES string of the molecule is c1ccc(-c2ccccc2N(c2ccc3ccccc3c2)c2c(-c3ccccc3)c3ccccc3c3oc4ccccc4c23)cc1. The van der Waals surface area contributed by atoms with Gasteiger partial charge in [-0.25, -0.2) is 0 Å². The van der Waals surface area contributed by atoms with Crippen molar-refractivity contribution in [3.05, 3.63) is 176 Å². The topological polar surface area (TPSA) is 16.4 Å². The van der Waals surface area contributed by atoms with Crippen molar-refractivity contribution in [1.29, 1.82) is 0 Å². The zero-order valence-electron chi connectivity index (χ0n) is 25.1. The van der Waals surface area contributed by atoms with Crippen molar-refractivity contribution in [1.82, 2.24) is 0 Å². The lowest BCUT2D eigenvalue weighted by Gasteiger charge is -2.31. The van der Waals surface area contributed by atoms with Crippen molar-refractivity contribution in [3.8, 4) is 22.3 Å². The molecule has 2 heteroatoms. The van der Waals surface area contributed by atoms with E-state index in [1.54, 1.807) is 0 Å². The number of para-hydroxylation sites is 2. The molecule has 216 valence electrons. The molecule has 0 aliphatic carbocycles. The molecule has 0 fully saturated rings. The molecule has 2 nitrogen and oxygen atoms in total. The van der Waals surface area contributed by atoms with Gasteiger partial charge in [-0.05, 0) is 51.6 Å². The molecule has 0 unspecified atom stereocenters. The molecule has 1 heterocycles. The van der Waals surface area contributed by atoms with Gasteiger partial charge in [0.2, 0.25) is 0 Å². The Morgan fingerprint density at radius 1 is 0.435 bits per heavy atom. The van der Waals surface area contributed by atoms with Gasteiger partial charge in [-0.15, -0.1) is 0 Å². The molecule has 1 aromatic heterocycles. The zero-order chi connectivity index (χ0) is 30.5. The summed E-state index contributed by atoms with van der Waals surface area (Å²) >= 11 is 0. The van der Waals surface area contributed by atoms with Crippen LogP contribution in [-0.2, 0) is 0 Å². The Hall–Kier alpha value is -6.12. The number of hydrogen-bond acceptors (Lipinski definition) is 2. The van der Waals surface area contributed by atoms with Gasteiger partial charge in [-0.2, -0.15) is 0 Å². The number of nitrogens with zero attached hydrogens (tertiary/aromatic N) is 1. The van der Waals surface area contributed by atoms with Gasteiger partial charge in [0.1, 0.15) is 11.2 Å². The third kappa shape index (κ3) is 4.19. The van der Waals surface area contributed by atoms with Crippen molar-refractivity contribution in [3.63, 3.8) is 0 Å². The van der Waals surface area contributed by atoms with E-state index in [2.05, 4.69) is 181 Å². The molecule has 0 aliphatic rings. The summed E-state index contributed by atoms with van der Waals surface area (Å²) in [5.74, 6) is 0. The van der Waals surface area contributed by atoms with Crippen LogP contribution in [0.1, 0.15) is 0 Å². The van der Waals surface area contributed by atoms with E-state index in [9.17, 15) is 0 Å². The Labute approximate surface area is 267 Å². The summed E-state index contributed by atoms with van der Waals surface area (Å²) in [6, 6.07) is 62.7. The van der Waals surface area contributed by atoms with Crippen LogP contribution in [0.3, 0.4) is 0 Å². The minimum Gasteiger partial charge on any atom is -0.455 e. The lowest BCUT2D eigenvalue weighted by atomic mass is 9.91. The molecule has 0 spiro atoms. The van der Waals surface area contributed by atoms with E-state index in [1.165, 1.54) is 21.9 Å². The normalized spacial score (nSPS) is 11.5. The molecule has 0 amide bonds. The summed E-state index contributed by atoms with van der Waals surface area (Å²) in [5, 5.41) is 6.85. The fraction of sp³-hybridized carbons (Fsp3) is 0. The molecule has 46 heavy (non-hydrogen) atoms. The van der Waals surface area contributed by atoms with E-state index in [1.807, 2.05) is 0 Å². The maximum atomic E-state index is 6.78. The number of rotatable bonds is 5. The standard InChI is InChI=1S/C44H29NO/c1-3-16-31(17-4-1)35-21-11-13-25-39(35)45(34-28-27-30-15-7-8-20-33(30)29-34)43-41(32-18-5-2-6-19-32)36-22-9-10-23-37(36)44-42(43)38-24-12-14-26-40(38)46-44/h1-29H. The van der Waals surface area contributed by atoms with Crippen LogP contribution in [0.25, 0.3) is 65.7 Å². The quantitative estimate of drug-likeness (QED) is 0.199. The fourth-order valence-electron chi connectivity index (χ4n) is 6.98. The number of fused-ring (bicyclic) bond motifs is 6. The molecule has 9 aromatic rings. The van der Waals surface area contributed by atoms with Gasteiger partial charge >= 0.3 is 0 Å². The predicted molar refractivity (Wildman–Crippen MR) is 194 cm³/mol. The molecule has 0 atom stereocenters. The Balaban J connectivity index is 1.51. The summed E-state index contributed by atoms with van der Waals surface area (Å²) < 4.78 is 6.78. The van der Waals surface area contributed by atoms with Crippen LogP contribution in [0.5, 0.6) is 0 Å². The lowest BCUT2D eigenvalue weighted by Crippen LogP contribution is -2.13. The third-order valence-corrected chi connectivity index (χ3v) is 9.02. The van der Waals surface area contributed by atoms with E-state index in [0.717, 1.165) is 60.9 Å². The summed E-state index contributed by atoms with van der Waals surface area (Å²) in [7, 11) is 0. The molecule has 0 aliphatic heterocycles. The lowest BCUT2D eigenvalue weighted by molar-refractivity contribution is 0.672. The Kier molecular flexibility index (Phi) is 6.17. The van der Waals surface area contributed by atoms with Gasteiger partial charge in [-0.3, -0.25) is 0 Å². The Morgan fingerprint density at radius 3 is 1.85 bits per heavy atom. The van der Waals surface area contributed by atoms with E-state index in [4.69, 9.17) is 4.42 Å². The van der Waals surface area contributed by atoms with E-state index in [0.29, 0.717) is 0 Å². The van der Waals surface area contributed by atoms with Gasteiger partial charge in [0.15, 0.2) is 0 Å². The maximum absolute atomic E-state index is 6.78. The second-order valence-electron chi connectivity index (χ2n) is 11.7. The summed E-state index contributed by atoms with van der Waals surface area (Å²) in [4.78, 5) is 2.47. The Morgan fingerprint density at radius 2 is 1.04 bits per heavy atom. The zero-order valence-corrected chi connectivity index (χ0v) is 25.1. The van der Waals surface area contributed by atoms with Crippen molar-refractivity contribution in [2.75, 3.05) is 4.90 Å². The van der Waals surface area contributed by atoms with Crippen LogP contribution in [0, 0.1) is 0 Å². The first-order valence-corrected chi connectivity index (χ1v) is 15.7. The van der Waals surface area contributed by atoms with Gasteiger partial charge in [-0.1, -0.05) is 152 Å². The third-order valence-electron chi connectivity index (χ3n) is 9.02. The predicted octanol–water partition coefficient (Wildman–Crippen LogP) is 12.7. The van der Waals surface area contributed by atoms with E-state index in [-0.39, 0.29) is 0 Å². The second kappa shape index (κ2) is 10.8. The number of benzene rings is 8. The second-order valence-corrected chi connectivity index (χ2v) is 11.7. The van der Waals surface area contributed by atoms with Gasteiger partial charge in [0.25, 0.3) is 0 Å². The van der Waals surface area contributed by atoms with Gasteiger partial charge in [0.05, 0.1) is 16.8 Å². The summed E-state index contributed by atoms with van der Waals surface area (Å²) in [6.07, 6.45) is 0. The highest BCUT2D eigenvalue weighted by atomic mass is 16.3. The smallest absolute Gasteiger partial charge is 0.145 e. The van der Waals surface area contributed by atoms with Crippen molar-refractivity contribution in [2.24, 2.45) is 0 Å². The molecule has 0 radical (unpaired) electrons. The summed E-state index contributed by atoms with van der Waals surface area (Å²) in [5.41, 5.74) is 9.71. The van der Waals surface area contributed by atoms with Crippen molar-refractivity contribution >= 4 is 60.5 Å². The molecule has 8 aromatic carbocycles. The fourth-order valence-corrected chi connectivity index (χ4v) is 6.98. The van der Waals surface area contributed by atoms with Crippen LogP contribution in [0.4, 0.5) is 17.1 Å². The van der Waals surface area contributed by atoms with Crippen LogP contribution < -0.4 is 4.90 Å². The monoisotopic (exact) mass is 587 g/mol. The Bertz CT molecular complexity index is 2530. The number of anilines is 3. The van der Waals surface area contributed by atoms with Crippen LogP contribution in [-0.4, -0.2) is 0 Å². The molecule has 0 saturated heterocycles. The first-order chi connectivity index (χ1) is 22.8. The first-order valence-electron chi connectivity index (χ1n) is 15.7. The van der Waals surface area contributed by atoms with Gasteiger partial charge < -0.3 is 9.32 Å². The van der Waals surface area contributed by atoms with Crippen molar-refractivity contribution < 1.29 is 4.42 Å². The highest BCUT2D eigenvalue weighted by Crippen LogP contribution is 2.53. The molecule has 0 bridgehead atoms. The minimum atomic E-state index is 0.879. The molecule has 0 N–H and O–H groups in total. The summed E-state index contributed by atoms with van der Waals surface area (Å²) in [6.45, 7) is 0. The largest absolute Gasteiger partial charge is 0.455 e. The van der Waals surface area contributed by atoms with E-state index >= 15 is 0 Å². The number of hydrogen-bond donors (Lipinski definition) is 0. The van der Waals surface area contributed by atoms with Crippen LogP contribution >= 0.6 is 0 Å². The average Bonchev–Trinajstić information content (AvgIpc) is 3.53. The first kappa shape index (κ1) is 26.3. The molecular weight excluding hydrogens is 558 g/mol. The highest BCUT2D eigenvalue weighted by molar-refractivity contribution is 6.27. The minimum absolute atomic E-state index is 0.879. The molecular formula is C44H29NO. The molecule has 0 saturated carbocycles.